The summed E-state index contributed by atoms with van der Waals surface area (Å²) in [5.41, 5.74) is 2.95. The third-order valence-electron chi connectivity index (χ3n) is 7.97. The van der Waals surface area contributed by atoms with Gasteiger partial charge in [0.25, 0.3) is 0 Å². The number of hydrogen-bond donors (Lipinski definition) is 2. The highest BCUT2D eigenvalue weighted by Gasteiger charge is 2.43. The summed E-state index contributed by atoms with van der Waals surface area (Å²) in [6.07, 6.45) is 10.7. The van der Waals surface area contributed by atoms with Crippen LogP contribution < -0.4 is 10.2 Å². The Kier molecular flexibility index (Phi) is 5.96. The third-order valence-corrected chi connectivity index (χ3v) is 7.97. The molecule has 0 spiro atoms. The Bertz CT molecular complexity index is 1110. The molecule has 0 unspecified atom stereocenters. The van der Waals surface area contributed by atoms with Crippen molar-refractivity contribution in [3.8, 4) is 0 Å². The number of aryl methyl sites for hydroxylation is 1. The second kappa shape index (κ2) is 9.26. The van der Waals surface area contributed by atoms with Gasteiger partial charge in [0.2, 0.25) is 11.9 Å². The number of hydrogen-bond acceptors (Lipinski definition) is 7. The topological polar surface area (TPSA) is 99.3 Å². The van der Waals surface area contributed by atoms with Gasteiger partial charge in [0.15, 0.2) is 5.82 Å². The lowest BCUT2D eigenvalue weighted by molar-refractivity contribution is -0.141. The predicted octanol–water partition coefficient (Wildman–Crippen LogP) is 3.81. The van der Waals surface area contributed by atoms with E-state index in [4.69, 9.17) is 14.7 Å². The molecule has 3 atom stereocenters. The molecule has 0 radical (unpaired) electrons. The van der Waals surface area contributed by atoms with E-state index in [1.165, 1.54) is 19.3 Å². The number of H-pyrrole nitrogens is 1. The van der Waals surface area contributed by atoms with Gasteiger partial charge in [-0.25, -0.2) is 4.98 Å². The summed E-state index contributed by atoms with van der Waals surface area (Å²) in [4.78, 5) is 27.4. The lowest BCUT2D eigenvalue weighted by Gasteiger charge is -2.50. The Morgan fingerprint density at radius 2 is 1.97 bits per heavy atom. The zero-order chi connectivity index (χ0) is 23.9. The largest absolute Gasteiger partial charge is 0.373 e. The highest BCUT2D eigenvalue weighted by Crippen LogP contribution is 2.40. The minimum atomic E-state index is 0.305. The highest BCUT2D eigenvalue weighted by atomic mass is 16.5. The predicted molar refractivity (Wildman–Crippen MR) is 134 cm³/mol. The van der Waals surface area contributed by atoms with Crippen LogP contribution in [0.4, 0.5) is 17.6 Å². The van der Waals surface area contributed by atoms with Gasteiger partial charge >= 0.3 is 0 Å². The Balaban J connectivity index is 1.24. The number of aromatic amines is 1. The molecule has 2 saturated heterocycles. The molecule has 186 valence electrons. The average molecular weight is 478 g/mol. The number of rotatable bonds is 7. The number of fused-ring (bicyclic) bond motifs is 2. The molecule has 2 N–H and O–H groups in total. The second-order valence-corrected chi connectivity index (χ2v) is 10.7. The minimum Gasteiger partial charge on any atom is -0.373 e. The van der Waals surface area contributed by atoms with E-state index in [1.54, 1.807) is 0 Å². The maximum absolute atomic E-state index is 13.1. The number of carbonyl (C=O) groups is 1. The lowest BCUT2D eigenvalue weighted by atomic mass is 9.81. The van der Waals surface area contributed by atoms with Gasteiger partial charge in [-0.1, -0.05) is 6.08 Å². The first-order chi connectivity index (χ1) is 17.0. The SMILES string of the molecule is Cc1cc(Nc2cc(C3=CCOC3)nc(N(C)[C@H]3C[C@H]4CCC[C@@H](C3)N4C(=O)CC3CC3)n2)n[nH]1. The average Bonchev–Trinajstić information content (AvgIpc) is 3.30. The van der Waals surface area contributed by atoms with E-state index in [1.807, 2.05) is 19.1 Å². The van der Waals surface area contributed by atoms with Crippen LogP contribution in [-0.2, 0) is 9.53 Å². The van der Waals surface area contributed by atoms with Gasteiger partial charge in [0.1, 0.15) is 5.82 Å². The summed E-state index contributed by atoms with van der Waals surface area (Å²) in [6.45, 7) is 3.15. The molecule has 0 aromatic carbocycles. The molecule has 1 saturated carbocycles. The summed E-state index contributed by atoms with van der Waals surface area (Å²) < 4.78 is 5.56. The number of ether oxygens (including phenoxy) is 1. The second-order valence-electron chi connectivity index (χ2n) is 10.7. The standard InChI is InChI=1S/C26H35N7O2/c1-16-10-24(31-30-16)28-23-14-22(18-8-9-35-15-18)27-26(29-23)32(2)21-12-19-4-3-5-20(13-21)33(19)25(34)11-17-6-7-17/h8,10,14,17,19-21H,3-7,9,11-13,15H2,1-2H3,(H2,27,28,29,30,31)/t19-,20+,21+. The molecule has 2 aromatic rings. The van der Waals surface area contributed by atoms with Crippen molar-refractivity contribution in [3.05, 3.63) is 29.6 Å². The van der Waals surface area contributed by atoms with Gasteiger partial charge in [0.05, 0.1) is 18.9 Å². The molecule has 5 heterocycles. The maximum atomic E-state index is 13.1. The van der Waals surface area contributed by atoms with E-state index < -0.39 is 0 Å². The smallest absolute Gasteiger partial charge is 0.227 e. The van der Waals surface area contributed by atoms with Crippen LogP contribution in [0.3, 0.4) is 0 Å². The molecule has 1 aliphatic carbocycles. The molecule has 3 aliphatic heterocycles. The fourth-order valence-electron chi connectivity index (χ4n) is 5.91. The van der Waals surface area contributed by atoms with Crippen molar-refractivity contribution in [3.63, 3.8) is 0 Å². The van der Waals surface area contributed by atoms with Gasteiger partial charge in [-0.3, -0.25) is 9.89 Å². The molecule has 9 heteroatoms. The van der Waals surface area contributed by atoms with E-state index in [2.05, 4.69) is 38.4 Å². The number of piperidine rings is 2. The fourth-order valence-corrected chi connectivity index (χ4v) is 5.91. The van der Waals surface area contributed by atoms with Gasteiger partial charge < -0.3 is 19.9 Å². The Morgan fingerprint density at radius 1 is 1.17 bits per heavy atom. The zero-order valence-electron chi connectivity index (χ0n) is 20.7. The molecule has 3 fully saturated rings. The summed E-state index contributed by atoms with van der Waals surface area (Å²) in [7, 11) is 2.10. The molecule has 4 aliphatic rings. The number of aromatic nitrogens is 4. The summed E-state index contributed by atoms with van der Waals surface area (Å²) >= 11 is 0. The Labute approximate surface area is 206 Å². The number of amides is 1. The van der Waals surface area contributed by atoms with E-state index in [-0.39, 0.29) is 0 Å². The van der Waals surface area contributed by atoms with Crippen LogP contribution in [0.5, 0.6) is 0 Å². The van der Waals surface area contributed by atoms with E-state index in [0.29, 0.717) is 54.9 Å². The molecular weight excluding hydrogens is 442 g/mol. The van der Waals surface area contributed by atoms with Crippen LogP contribution in [0.2, 0.25) is 0 Å². The first-order valence-corrected chi connectivity index (χ1v) is 13.0. The van der Waals surface area contributed by atoms with Crippen molar-refractivity contribution < 1.29 is 9.53 Å². The van der Waals surface area contributed by atoms with Gasteiger partial charge in [-0.15, -0.1) is 0 Å². The maximum Gasteiger partial charge on any atom is 0.227 e. The number of nitrogens with one attached hydrogen (secondary N) is 2. The summed E-state index contributed by atoms with van der Waals surface area (Å²) in [6, 6.07) is 4.90. The van der Waals surface area contributed by atoms with E-state index in [9.17, 15) is 4.79 Å². The lowest BCUT2D eigenvalue weighted by Crippen LogP contribution is -2.58. The highest BCUT2D eigenvalue weighted by molar-refractivity contribution is 5.78. The van der Waals surface area contributed by atoms with Crippen molar-refractivity contribution in [1.29, 1.82) is 0 Å². The number of anilines is 3. The molecule has 9 nitrogen and oxygen atoms in total. The molecule has 6 rings (SSSR count). The van der Waals surface area contributed by atoms with Crippen molar-refractivity contribution in [2.45, 2.75) is 76.4 Å². The monoisotopic (exact) mass is 477 g/mol. The van der Waals surface area contributed by atoms with Crippen LogP contribution in [0.25, 0.3) is 5.57 Å². The first-order valence-electron chi connectivity index (χ1n) is 13.0. The zero-order valence-corrected chi connectivity index (χ0v) is 20.7. The summed E-state index contributed by atoms with van der Waals surface area (Å²) in [5, 5.41) is 10.6. The molecule has 2 bridgehead atoms. The van der Waals surface area contributed by atoms with Crippen molar-refractivity contribution in [2.75, 3.05) is 30.5 Å². The molecule has 35 heavy (non-hydrogen) atoms. The Hall–Kier alpha value is -2.94. The van der Waals surface area contributed by atoms with Crippen LogP contribution in [0.15, 0.2) is 18.2 Å². The van der Waals surface area contributed by atoms with Crippen molar-refractivity contribution in [1.82, 2.24) is 25.1 Å². The normalized spacial score (nSPS) is 25.9. The van der Waals surface area contributed by atoms with Gasteiger partial charge in [-0.05, 0) is 57.8 Å². The summed E-state index contributed by atoms with van der Waals surface area (Å²) in [5.74, 6) is 3.17. The fraction of sp³-hybridized carbons (Fsp3) is 0.615. The minimum absolute atomic E-state index is 0.305. The van der Waals surface area contributed by atoms with Crippen LogP contribution in [-0.4, -0.2) is 69.4 Å². The Morgan fingerprint density at radius 3 is 2.63 bits per heavy atom. The quantitative estimate of drug-likeness (QED) is 0.625. The molecule has 1 amide bonds. The van der Waals surface area contributed by atoms with E-state index in [0.717, 1.165) is 54.9 Å². The van der Waals surface area contributed by atoms with Crippen LogP contribution in [0, 0.1) is 12.8 Å². The first kappa shape index (κ1) is 22.5. The molecular formula is C26H35N7O2. The third kappa shape index (κ3) is 4.78. The van der Waals surface area contributed by atoms with Gasteiger partial charge in [-0.2, -0.15) is 10.1 Å². The number of carbonyl (C=O) groups excluding carboxylic acids is 1. The van der Waals surface area contributed by atoms with Crippen molar-refractivity contribution >= 4 is 29.1 Å². The van der Waals surface area contributed by atoms with Gasteiger partial charge in [0, 0.05) is 55.0 Å². The van der Waals surface area contributed by atoms with Crippen LogP contribution in [0.1, 0.15) is 62.8 Å². The number of nitrogens with zero attached hydrogens (tertiary/aromatic N) is 5. The molecule has 2 aromatic heterocycles. The van der Waals surface area contributed by atoms with Crippen molar-refractivity contribution in [2.24, 2.45) is 5.92 Å². The van der Waals surface area contributed by atoms with Crippen LogP contribution >= 0.6 is 0 Å². The van der Waals surface area contributed by atoms with E-state index >= 15 is 0 Å².